The van der Waals surface area contributed by atoms with E-state index in [0.717, 1.165) is 36.3 Å². The molecule has 0 saturated heterocycles. The van der Waals surface area contributed by atoms with E-state index >= 15 is 0 Å². The fraction of sp³-hybridized carbons (Fsp3) is 0.391. The second-order valence-corrected chi connectivity index (χ2v) is 8.73. The number of nitrogens with zero attached hydrogens (tertiary/aromatic N) is 4. The van der Waals surface area contributed by atoms with Crippen LogP contribution in [0.5, 0.6) is 5.75 Å². The summed E-state index contributed by atoms with van der Waals surface area (Å²) in [4.78, 5) is 12.7. The van der Waals surface area contributed by atoms with E-state index in [1.54, 1.807) is 13.4 Å². The van der Waals surface area contributed by atoms with Gasteiger partial charge in [-0.25, -0.2) is 0 Å². The number of thioether (sulfide) groups is 1. The van der Waals surface area contributed by atoms with Crippen LogP contribution >= 0.6 is 11.8 Å². The molecule has 0 spiro atoms. The Morgan fingerprint density at radius 2 is 2.03 bits per heavy atom. The molecule has 1 aliphatic carbocycles. The summed E-state index contributed by atoms with van der Waals surface area (Å²) in [5, 5.41) is 21.9. The zero-order valence-corrected chi connectivity index (χ0v) is 18.7. The number of ether oxygens (including phenoxy) is 1. The highest BCUT2D eigenvalue weighted by molar-refractivity contribution is 7.99. The van der Waals surface area contributed by atoms with Crippen LogP contribution in [0.15, 0.2) is 52.2 Å². The summed E-state index contributed by atoms with van der Waals surface area (Å²) in [5.41, 5.74) is 0.137. The van der Waals surface area contributed by atoms with Crippen LogP contribution in [0.1, 0.15) is 37.9 Å². The molecule has 1 saturated carbocycles. The van der Waals surface area contributed by atoms with Crippen molar-refractivity contribution >= 4 is 17.7 Å². The summed E-state index contributed by atoms with van der Waals surface area (Å²) in [7, 11) is 1.62. The van der Waals surface area contributed by atoms with Crippen LogP contribution in [-0.2, 0) is 11.3 Å². The molecule has 4 rings (SSSR count). The Labute approximate surface area is 191 Å². The van der Waals surface area contributed by atoms with E-state index in [1.807, 2.05) is 41.0 Å². The first-order valence-corrected chi connectivity index (χ1v) is 11.6. The summed E-state index contributed by atoms with van der Waals surface area (Å²) < 4.78 is 12.7. The van der Waals surface area contributed by atoms with Crippen molar-refractivity contribution in [1.82, 2.24) is 20.1 Å². The smallest absolute Gasteiger partial charge is 0.231 e. The SMILES string of the molecule is COc1ccc(-c2nnc(SCC(=O)NC3(C#N)CCCCC3)n2Cc2ccco2)cc1. The number of benzene rings is 1. The number of hydrogen-bond acceptors (Lipinski definition) is 7. The number of nitriles is 1. The largest absolute Gasteiger partial charge is 0.497 e. The number of carbonyl (C=O) groups is 1. The van der Waals surface area contributed by atoms with E-state index in [9.17, 15) is 10.1 Å². The predicted molar refractivity (Wildman–Crippen MR) is 120 cm³/mol. The molecule has 0 atom stereocenters. The zero-order valence-electron chi connectivity index (χ0n) is 17.9. The number of amides is 1. The molecule has 1 amide bonds. The molecule has 2 aromatic heterocycles. The van der Waals surface area contributed by atoms with Gasteiger partial charge in [-0.2, -0.15) is 5.26 Å². The van der Waals surface area contributed by atoms with Crippen molar-refractivity contribution in [3.8, 4) is 23.2 Å². The Hall–Kier alpha value is -3.25. The lowest BCUT2D eigenvalue weighted by Gasteiger charge is -2.31. The van der Waals surface area contributed by atoms with Crippen molar-refractivity contribution in [1.29, 1.82) is 5.26 Å². The quantitative estimate of drug-likeness (QED) is 0.515. The number of carbonyl (C=O) groups excluding carboxylic acids is 1. The van der Waals surface area contributed by atoms with Crippen molar-refractivity contribution in [3.63, 3.8) is 0 Å². The standard InChI is InChI=1S/C23H25N5O3S/c1-30-18-9-7-17(8-10-18)21-26-27-22(28(21)14-19-6-5-13-31-19)32-15-20(29)25-23(16-24)11-3-2-4-12-23/h5-10,13H,2-4,11-12,14-15H2,1H3,(H,25,29). The highest BCUT2D eigenvalue weighted by Crippen LogP contribution is 2.29. The average Bonchev–Trinajstić information content (AvgIpc) is 3.49. The minimum atomic E-state index is -0.744. The number of furan rings is 1. The minimum absolute atomic E-state index is 0.155. The predicted octanol–water partition coefficient (Wildman–Crippen LogP) is 4.03. The van der Waals surface area contributed by atoms with Crippen molar-refractivity contribution in [2.75, 3.05) is 12.9 Å². The van der Waals surface area contributed by atoms with E-state index in [4.69, 9.17) is 9.15 Å². The van der Waals surface area contributed by atoms with E-state index in [0.29, 0.717) is 30.4 Å². The van der Waals surface area contributed by atoms with Gasteiger partial charge in [0.2, 0.25) is 5.91 Å². The van der Waals surface area contributed by atoms with Crippen LogP contribution in [0.25, 0.3) is 11.4 Å². The Morgan fingerprint density at radius 3 is 2.69 bits per heavy atom. The van der Waals surface area contributed by atoms with E-state index < -0.39 is 5.54 Å². The number of methoxy groups -OCH3 is 1. The van der Waals surface area contributed by atoms with Crippen LogP contribution in [0.4, 0.5) is 0 Å². The molecule has 0 bridgehead atoms. The Kier molecular flexibility index (Phi) is 6.81. The fourth-order valence-electron chi connectivity index (χ4n) is 3.90. The van der Waals surface area contributed by atoms with Gasteiger partial charge in [-0.1, -0.05) is 31.0 Å². The highest BCUT2D eigenvalue weighted by atomic mass is 32.2. The maximum atomic E-state index is 12.7. The van der Waals surface area contributed by atoms with Gasteiger partial charge < -0.3 is 14.5 Å². The number of hydrogen-bond donors (Lipinski definition) is 1. The zero-order chi connectivity index (χ0) is 22.4. The lowest BCUT2D eigenvalue weighted by Crippen LogP contribution is -2.49. The summed E-state index contributed by atoms with van der Waals surface area (Å²) in [6.07, 6.45) is 6.07. The first-order chi connectivity index (χ1) is 15.6. The topological polar surface area (TPSA) is 106 Å². The molecule has 1 aromatic carbocycles. The number of aromatic nitrogens is 3. The molecule has 0 unspecified atom stereocenters. The van der Waals surface area contributed by atoms with Gasteiger partial charge in [0.05, 0.1) is 31.7 Å². The molecule has 9 heteroatoms. The Balaban J connectivity index is 1.52. The second kappa shape index (κ2) is 9.92. The molecular formula is C23H25N5O3S. The monoisotopic (exact) mass is 451 g/mol. The molecule has 3 aromatic rings. The molecule has 0 aliphatic heterocycles. The summed E-state index contributed by atoms with van der Waals surface area (Å²) in [5.74, 6) is 2.18. The van der Waals surface area contributed by atoms with Gasteiger partial charge in [0.1, 0.15) is 17.0 Å². The Morgan fingerprint density at radius 1 is 1.25 bits per heavy atom. The van der Waals surface area contributed by atoms with Gasteiger partial charge in [0.25, 0.3) is 0 Å². The van der Waals surface area contributed by atoms with Crippen molar-refractivity contribution in [2.45, 2.75) is 49.3 Å². The van der Waals surface area contributed by atoms with E-state index in [-0.39, 0.29) is 11.7 Å². The van der Waals surface area contributed by atoms with Crippen molar-refractivity contribution in [3.05, 3.63) is 48.4 Å². The van der Waals surface area contributed by atoms with Gasteiger partial charge in [-0.15, -0.1) is 10.2 Å². The van der Waals surface area contributed by atoms with Crippen LogP contribution in [0.2, 0.25) is 0 Å². The van der Waals surface area contributed by atoms with Gasteiger partial charge in [-0.3, -0.25) is 9.36 Å². The molecule has 1 aliphatic rings. The third-order valence-electron chi connectivity index (χ3n) is 5.59. The minimum Gasteiger partial charge on any atom is -0.497 e. The van der Waals surface area contributed by atoms with Gasteiger partial charge in [0.15, 0.2) is 11.0 Å². The molecular weight excluding hydrogens is 426 g/mol. The molecule has 0 radical (unpaired) electrons. The van der Waals surface area contributed by atoms with E-state index in [2.05, 4.69) is 21.6 Å². The second-order valence-electron chi connectivity index (χ2n) is 7.79. The lowest BCUT2D eigenvalue weighted by molar-refractivity contribution is -0.120. The van der Waals surface area contributed by atoms with Crippen molar-refractivity contribution in [2.24, 2.45) is 0 Å². The first-order valence-electron chi connectivity index (χ1n) is 10.6. The fourth-order valence-corrected chi connectivity index (χ4v) is 4.64. The van der Waals surface area contributed by atoms with Crippen LogP contribution in [-0.4, -0.2) is 39.1 Å². The molecule has 1 fully saturated rings. The maximum absolute atomic E-state index is 12.7. The molecule has 8 nitrogen and oxygen atoms in total. The third kappa shape index (κ3) is 4.97. The van der Waals surface area contributed by atoms with Crippen LogP contribution < -0.4 is 10.1 Å². The average molecular weight is 452 g/mol. The third-order valence-corrected chi connectivity index (χ3v) is 6.56. The summed E-state index contributed by atoms with van der Waals surface area (Å²) in [6.45, 7) is 0.438. The molecule has 1 N–H and O–H groups in total. The maximum Gasteiger partial charge on any atom is 0.231 e. The number of rotatable bonds is 8. The lowest BCUT2D eigenvalue weighted by atomic mass is 9.83. The normalized spacial score (nSPS) is 15.1. The van der Waals surface area contributed by atoms with Crippen LogP contribution in [0, 0.1) is 11.3 Å². The number of nitrogens with one attached hydrogen (secondary N) is 1. The molecule has 2 heterocycles. The van der Waals surface area contributed by atoms with Gasteiger partial charge >= 0.3 is 0 Å². The van der Waals surface area contributed by atoms with E-state index in [1.165, 1.54) is 11.8 Å². The first kappa shape index (κ1) is 22.0. The molecule has 166 valence electrons. The highest BCUT2D eigenvalue weighted by Gasteiger charge is 2.33. The van der Waals surface area contributed by atoms with Crippen LogP contribution in [0.3, 0.4) is 0 Å². The molecule has 32 heavy (non-hydrogen) atoms. The van der Waals surface area contributed by atoms with Gasteiger partial charge in [-0.05, 0) is 49.2 Å². The summed E-state index contributed by atoms with van der Waals surface area (Å²) >= 11 is 1.30. The van der Waals surface area contributed by atoms with Crippen molar-refractivity contribution < 1.29 is 13.9 Å². The van der Waals surface area contributed by atoms with Gasteiger partial charge in [0, 0.05) is 5.56 Å². The Bertz CT molecular complexity index is 1080. The summed E-state index contributed by atoms with van der Waals surface area (Å²) in [6, 6.07) is 13.6.